The molecule has 1 atom stereocenters. The molecular formula is C24H2BF20IP-. The van der Waals surface area contributed by atoms with Gasteiger partial charge in [-0.25, -0.2) is 87.8 Å². The molecule has 23 heteroatoms. The van der Waals surface area contributed by atoms with Crippen LogP contribution in [0.4, 0.5) is 87.8 Å². The van der Waals surface area contributed by atoms with E-state index >= 15 is 35.1 Å². The Bertz CT molecular complexity index is 1580. The molecule has 4 aromatic rings. The average molecular weight is 839 g/mol. The van der Waals surface area contributed by atoms with Crippen LogP contribution >= 0.6 is 28.9 Å². The van der Waals surface area contributed by atoms with Crippen LogP contribution in [0.1, 0.15) is 0 Å². The van der Waals surface area contributed by atoms with Crippen LogP contribution < -0.4 is 21.9 Å². The Balaban J connectivity index is 0.00000294. The van der Waals surface area contributed by atoms with Crippen LogP contribution in [0.5, 0.6) is 0 Å². The molecule has 0 radical (unpaired) electrons. The number of benzene rings is 4. The van der Waals surface area contributed by atoms with Gasteiger partial charge in [0.05, 0.1) is 0 Å². The highest BCUT2D eigenvalue weighted by molar-refractivity contribution is 14.2. The molecule has 0 aromatic heterocycles. The van der Waals surface area contributed by atoms with Crippen molar-refractivity contribution < 1.29 is 87.8 Å². The molecule has 0 spiro atoms. The first-order valence-corrected chi connectivity index (χ1v) is 15.3. The van der Waals surface area contributed by atoms with Gasteiger partial charge in [0.1, 0.15) is 52.7 Å². The van der Waals surface area contributed by atoms with Gasteiger partial charge in [-0.3, -0.25) is 0 Å². The highest BCUT2D eigenvalue weighted by Crippen LogP contribution is 2.30. The average Bonchev–Trinajstić information content (AvgIpc) is 3.05. The van der Waals surface area contributed by atoms with E-state index in [2.05, 4.69) is 28.9 Å². The highest BCUT2D eigenvalue weighted by Gasteiger charge is 2.52. The lowest BCUT2D eigenvalue weighted by atomic mass is 9.12. The van der Waals surface area contributed by atoms with E-state index < -0.39 is 144 Å². The molecule has 0 bridgehead atoms. The summed E-state index contributed by atoms with van der Waals surface area (Å²) in [6.07, 6.45) is -7.22. The van der Waals surface area contributed by atoms with Crippen molar-refractivity contribution in [2.75, 3.05) is 0 Å². The molecule has 1 unspecified atom stereocenters. The minimum absolute atomic E-state index is 2.07. The van der Waals surface area contributed by atoms with Crippen LogP contribution in [0.15, 0.2) is 0 Å². The van der Waals surface area contributed by atoms with E-state index in [-0.39, 0.29) is 0 Å². The number of halogens is 21. The van der Waals surface area contributed by atoms with Crippen LogP contribution in [0.3, 0.4) is 0 Å². The van der Waals surface area contributed by atoms with Crippen molar-refractivity contribution in [3.05, 3.63) is 116 Å². The second kappa shape index (κ2) is 13.3. The number of hydrogen-bond donors (Lipinski definition) is 0. The quantitative estimate of drug-likeness (QED) is 0.0517. The zero-order chi connectivity index (χ0) is 36.4. The molecule has 0 aliphatic carbocycles. The summed E-state index contributed by atoms with van der Waals surface area (Å²) in [6.45, 7) is 2.39. The van der Waals surface area contributed by atoms with E-state index in [0.29, 0.717) is 0 Å². The van der Waals surface area contributed by atoms with Gasteiger partial charge in [0.15, 0.2) is 69.8 Å². The van der Waals surface area contributed by atoms with Crippen molar-refractivity contribution in [3.8, 4) is 0 Å². The topological polar surface area (TPSA) is 0 Å². The lowest BCUT2D eigenvalue weighted by molar-refractivity contribution is 0.378. The van der Waals surface area contributed by atoms with Gasteiger partial charge in [0, 0.05) is 0 Å². The lowest BCUT2D eigenvalue weighted by Gasteiger charge is -2.44. The van der Waals surface area contributed by atoms with Gasteiger partial charge in [0.25, 0.3) is 0 Å². The van der Waals surface area contributed by atoms with E-state index in [9.17, 15) is 52.7 Å². The fraction of sp³-hybridized carbons (Fsp3) is 0. The van der Waals surface area contributed by atoms with Crippen molar-refractivity contribution in [1.29, 1.82) is 0 Å². The van der Waals surface area contributed by atoms with Crippen molar-refractivity contribution in [2.24, 2.45) is 0 Å². The summed E-state index contributed by atoms with van der Waals surface area (Å²) in [5, 5.41) is 0. The molecule has 0 aliphatic rings. The van der Waals surface area contributed by atoms with E-state index in [1.54, 1.807) is 0 Å². The van der Waals surface area contributed by atoms with Crippen LogP contribution in [-0.2, 0) is 0 Å². The second-order valence-corrected chi connectivity index (χ2v) is 8.80. The standard InChI is InChI=1S/C24BF20.H2IP/c26-5-1(6(27)14(35)21(42)13(5)34)25(2-7(28)15(36)22(43)16(37)8(2)29,3-9(30)17(38)23(44)18(39)10(3)31)4-11(32)19(40)24(45)20(41)12(4)33;1-2/h;2H2/q-1;. The van der Waals surface area contributed by atoms with Crippen molar-refractivity contribution in [1.82, 2.24) is 0 Å². The minimum Gasteiger partial charge on any atom is -0.207 e. The molecule has 0 saturated carbocycles. The Morgan fingerprint density at radius 1 is 0.213 bits per heavy atom. The van der Waals surface area contributed by atoms with Crippen LogP contribution in [0.25, 0.3) is 0 Å². The fourth-order valence-electron chi connectivity index (χ4n) is 4.87. The normalized spacial score (nSPS) is 11.6. The molecule has 4 rings (SSSR count). The summed E-state index contributed by atoms with van der Waals surface area (Å²) < 4.78 is 294. The largest absolute Gasteiger partial charge is 0.207 e. The second-order valence-electron chi connectivity index (χ2n) is 8.80. The van der Waals surface area contributed by atoms with Crippen molar-refractivity contribution >= 4 is 56.9 Å². The zero-order valence-corrected chi connectivity index (χ0v) is 24.4. The fourth-order valence-corrected chi connectivity index (χ4v) is 4.87. The van der Waals surface area contributed by atoms with E-state index in [1.807, 2.05) is 0 Å². The SMILES string of the molecule is Fc1c(F)c(F)c([B-](c2c(F)c(F)c(F)c(F)c2F)(c2c(F)c(F)c(F)c(F)c2F)c2c(F)c(F)c(F)c(F)c2F)c(F)c1F.PI. The van der Waals surface area contributed by atoms with Gasteiger partial charge >= 0.3 is 0 Å². The molecule has 4 aromatic carbocycles. The predicted octanol–water partition coefficient (Wildman–Crippen LogP) is 7.06. The van der Waals surface area contributed by atoms with Gasteiger partial charge < -0.3 is 0 Å². The Morgan fingerprint density at radius 3 is 0.404 bits per heavy atom. The first-order valence-electron chi connectivity index (χ1n) is 11.2. The monoisotopic (exact) mass is 839 g/mol. The molecule has 0 amide bonds. The molecule has 0 nitrogen and oxygen atoms in total. The molecule has 0 saturated heterocycles. The Morgan fingerprint density at radius 2 is 0.298 bits per heavy atom. The maximum Gasteiger partial charge on any atom is 0.200 e. The third-order valence-electron chi connectivity index (χ3n) is 6.71. The molecule has 0 heterocycles. The summed E-state index contributed by atoms with van der Waals surface area (Å²) in [6, 6.07) is 0. The first kappa shape index (κ1) is 38.2. The van der Waals surface area contributed by atoms with Gasteiger partial charge in [0.2, 0.25) is 0 Å². The maximum atomic E-state index is 15.4. The molecule has 47 heavy (non-hydrogen) atoms. The maximum absolute atomic E-state index is 15.4. The number of hydrogen-bond acceptors (Lipinski definition) is 0. The lowest BCUT2D eigenvalue weighted by Crippen LogP contribution is -2.81. The summed E-state index contributed by atoms with van der Waals surface area (Å²) >= 11 is 2.07. The molecule has 254 valence electrons. The third-order valence-corrected chi connectivity index (χ3v) is 6.71. The molecule has 0 N–H and O–H groups in total. The van der Waals surface area contributed by atoms with Crippen LogP contribution in [-0.4, -0.2) is 6.15 Å². The van der Waals surface area contributed by atoms with Gasteiger partial charge in [-0.2, -0.15) is 0 Å². The Kier molecular flexibility index (Phi) is 10.8. The highest BCUT2D eigenvalue weighted by atomic mass is 127. The summed E-state index contributed by atoms with van der Waals surface area (Å²) in [4.78, 5) is 0. The van der Waals surface area contributed by atoms with E-state index in [4.69, 9.17) is 0 Å². The van der Waals surface area contributed by atoms with Crippen molar-refractivity contribution in [2.45, 2.75) is 0 Å². The van der Waals surface area contributed by atoms with Gasteiger partial charge in [-0.15, -0.1) is 21.9 Å². The first-order chi connectivity index (χ1) is 21.7. The summed E-state index contributed by atoms with van der Waals surface area (Å²) in [5.74, 6) is -71.4. The van der Waals surface area contributed by atoms with Crippen LogP contribution in [0, 0.1) is 116 Å². The van der Waals surface area contributed by atoms with Crippen molar-refractivity contribution in [3.63, 3.8) is 0 Å². The Labute approximate surface area is 261 Å². The zero-order valence-electron chi connectivity index (χ0n) is 21.1. The van der Waals surface area contributed by atoms with E-state index in [0.717, 1.165) is 0 Å². The summed E-state index contributed by atoms with van der Waals surface area (Å²) in [5.41, 5.74) is -14.3. The van der Waals surface area contributed by atoms with Crippen LogP contribution in [0.2, 0.25) is 0 Å². The van der Waals surface area contributed by atoms with Gasteiger partial charge in [-0.1, -0.05) is 28.9 Å². The molecule has 0 fully saturated rings. The molecular weight excluding hydrogens is 837 g/mol. The smallest absolute Gasteiger partial charge is 0.200 e. The number of rotatable bonds is 4. The summed E-state index contributed by atoms with van der Waals surface area (Å²) in [7, 11) is 0. The molecule has 0 aliphatic heterocycles. The predicted molar refractivity (Wildman–Crippen MR) is 133 cm³/mol. The van der Waals surface area contributed by atoms with Gasteiger partial charge in [-0.05, 0) is 0 Å². The minimum atomic E-state index is -7.22. The van der Waals surface area contributed by atoms with E-state index in [1.165, 1.54) is 0 Å². The third kappa shape index (κ3) is 5.20. The Hall–Kier alpha value is -3.30.